The van der Waals surface area contributed by atoms with Gasteiger partial charge in [0, 0.05) is 18.8 Å². The van der Waals surface area contributed by atoms with Gasteiger partial charge in [-0.25, -0.2) is 8.42 Å². The smallest absolute Gasteiger partial charge is 0.150 e. The van der Waals surface area contributed by atoms with Crippen LogP contribution in [0.15, 0.2) is 12.7 Å². The second-order valence-electron chi connectivity index (χ2n) is 4.96. The van der Waals surface area contributed by atoms with E-state index in [1.807, 2.05) is 6.08 Å². The fraction of sp³-hybridized carbons (Fsp3) is 0.846. The number of hydrogen-bond acceptors (Lipinski definition) is 4. The summed E-state index contributed by atoms with van der Waals surface area (Å²) < 4.78 is 28.4. The lowest BCUT2D eigenvalue weighted by molar-refractivity contribution is 0.136. The number of hydrogen-bond donors (Lipinski definition) is 1. The molecule has 1 aliphatic rings. The van der Waals surface area contributed by atoms with E-state index in [2.05, 4.69) is 11.9 Å². The molecule has 0 spiro atoms. The van der Waals surface area contributed by atoms with Crippen LogP contribution in [0.4, 0.5) is 0 Å². The molecule has 0 radical (unpaired) electrons. The summed E-state index contributed by atoms with van der Waals surface area (Å²) in [4.78, 5) is 0. The van der Waals surface area contributed by atoms with Crippen molar-refractivity contribution in [3.8, 4) is 0 Å². The Kier molecular flexibility index (Phi) is 6.89. The maximum absolute atomic E-state index is 11.5. The first kappa shape index (κ1) is 15.7. The van der Waals surface area contributed by atoms with Gasteiger partial charge in [-0.2, -0.15) is 0 Å². The molecule has 1 saturated carbocycles. The number of rotatable bonds is 8. The molecular formula is C13H25NO3S. The van der Waals surface area contributed by atoms with E-state index in [4.69, 9.17) is 4.74 Å². The van der Waals surface area contributed by atoms with Gasteiger partial charge in [-0.3, -0.25) is 0 Å². The number of ether oxygens (including phenoxy) is 1. The van der Waals surface area contributed by atoms with E-state index >= 15 is 0 Å². The Bertz CT molecular complexity index is 340. The maximum atomic E-state index is 11.5. The van der Waals surface area contributed by atoms with Gasteiger partial charge in [-0.15, -0.1) is 6.58 Å². The van der Waals surface area contributed by atoms with Gasteiger partial charge in [0.2, 0.25) is 0 Å². The molecule has 106 valence electrons. The molecule has 4 nitrogen and oxygen atoms in total. The first-order chi connectivity index (χ1) is 8.54. The van der Waals surface area contributed by atoms with Gasteiger partial charge in [-0.1, -0.05) is 12.5 Å². The average molecular weight is 275 g/mol. The quantitative estimate of drug-likeness (QED) is 0.539. The second-order valence-corrected chi connectivity index (χ2v) is 7.28. The standard InChI is InChI=1S/C13H25NO3S/c1-3-4-9-17-10-8-14-12-6-5-7-13(11-12)18(2,15)16/h3,12-14H,1,4-11H2,2H3. The summed E-state index contributed by atoms with van der Waals surface area (Å²) in [5, 5.41) is 3.22. The van der Waals surface area contributed by atoms with Crippen LogP contribution in [0.25, 0.3) is 0 Å². The van der Waals surface area contributed by atoms with E-state index in [9.17, 15) is 8.42 Å². The minimum Gasteiger partial charge on any atom is -0.380 e. The van der Waals surface area contributed by atoms with Crippen molar-refractivity contribution in [1.82, 2.24) is 5.32 Å². The highest BCUT2D eigenvalue weighted by Gasteiger charge is 2.28. The Morgan fingerprint density at radius 2 is 2.17 bits per heavy atom. The van der Waals surface area contributed by atoms with Crippen LogP contribution in [0.2, 0.25) is 0 Å². The van der Waals surface area contributed by atoms with Gasteiger partial charge < -0.3 is 10.1 Å². The van der Waals surface area contributed by atoms with Crippen LogP contribution in [-0.4, -0.2) is 45.7 Å². The Morgan fingerprint density at radius 1 is 1.39 bits per heavy atom. The van der Waals surface area contributed by atoms with Crippen molar-refractivity contribution in [3.63, 3.8) is 0 Å². The monoisotopic (exact) mass is 275 g/mol. The van der Waals surface area contributed by atoms with Gasteiger partial charge in [0.15, 0.2) is 0 Å². The Labute approximate surface area is 111 Å². The summed E-state index contributed by atoms with van der Waals surface area (Å²) in [5.41, 5.74) is 0. The Hall–Kier alpha value is -0.390. The zero-order valence-corrected chi connectivity index (χ0v) is 12.0. The van der Waals surface area contributed by atoms with Gasteiger partial charge in [0.1, 0.15) is 9.84 Å². The van der Waals surface area contributed by atoms with Crippen molar-refractivity contribution in [1.29, 1.82) is 0 Å². The molecule has 0 heterocycles. The predicted octanol–water partition coefficient (Wildman–Crippen LogP) is 1.52. The predicted molar refractivity (Wildman–Crippen MR) is 74.5 cm³/mol. The number of nitrogens with one attached hydrogen (secondary N) is 1. The van der Waals surface area contributed by atoms with E-state index in [0.717, 1.165) is 38.6 Å². The Balaban J connectivity index is 2.17. The summed E-state index contributed by atoms with van der Waals surface area (Å²) in [5.74, 6) is 0. The summed E-state index contributed by atoms with van der Waals surface area (Å²) >= 11 is 0. The van der Waals surface area contributed by atoms with Crippen molar-refractivity contribution in [2.24, 2.45) is 0 Å². The molecule has 0 aromatic carbocycles. The van der Waals surface area contributed by atoms with E-state index in [0.29, 0.717) is 19.3 Å². The first-order valence-corrected chi connectivity index (χ1v) is 8.60. The molecular weight excluding hydrogens is 250 g/mol. The van der Waals surface area contributed by atoms with Crippen molar-refractivity contribution >= 4 is 9.84 Å². The Morgan fingerprint density at radius 3 is 2.83 bits per heavy atom. The summed E-state index contributed by atoms with van der Waals surface area (Å²) in [6.07, 6.45) is 7.67. The van der Waals surface area contributed by atoms with Crippen molar-refractivity contribution < 1.29 is 13.2 Å². The van der Waals surface area contributed by atoms with E-state index < -0.39 is 9.84 Å². The van der Waals surface area contributed by atoms with Gasteiger partial charge >= 0.3 is 0 Å². The molecule has 2 unspecified atom stereocenters. The molecule has 1 fully saturated rings. The highest BCUT2D eigenvalue weighted by Crippen LogP contribution is 2.23. The molecule has 1 N–H and O–H groups in total. The SMILES string of the molecule is C=CCCOCCNC1CCCC(S(C)(=O)=O)C1. The lowest BCUT2D eigenvalue weighted by atomic mass is 9.95. The zero-order chi connectivity index (χ0) is 13.4. The van der Waals surface area contributed by atoms with Crippen LogP contribution < -0.4 is 5.32 Å². The van der Waals surface area contributed by atoms with Crippen molar-refractivity contribution in [2.45, 2.75) is 43.4 Å². The lowest BCUT2D eigenvalue weighted by Crippen LogP contribution is -2.40. The van der Waals surface area contributed by atoms with E-state index in [1.54, 1.807) is 0 Å². The highest BCUT2D eigenvalue weighted by atomic mass is 32.2. The molecule has 1 rings (SSSR count). The molecule has 0 aliphatic heterocycles. The maximum Gasteiger partial charge on any atom is 0.150 e. The molecule has 0 saturated heterocycles. The largest absolute Gasteiger partial charge is 0.380 e. The van der Waals surface area contributed by atoms with Crippen LogP contribution in [0.3, 0.4) is 0 Å². The molecule has 1 aliphatic carbocycles. The van der Waals surface area contributed by atoms with Crippen molar-refractivity contribution in [3.05, 3.63) is 12.7 Å². The van der Waals surface area contributed by atoms with Gasteiger partial charge in [0.05, 0.1) is 18.5 Å². The third-order valence-corrected chi connectivity index (χ3v) is 5.02. The number of sulfone groups is 1. The molecule has 5 heteroatoms. The average Bonchev–Trinajstić information content (AvgIpc) is 2.33. The molecule has 18 heavy (non-hydrogen) atoms. The van der Waals surface area contributed by atoms with Crippen LogP contribution in [0.1, 0.15) is 32.1 Å². The van der Waals surface area contributed by atoms with E-state index in [-0.39, 0.29) is 5.25 Å². The topological polar surface area (TPSA) is 55.4 Å². The van der Waals surface area contributed by atoms with Gasteiger partial charge in [0.25, 0.3) is 0 Å². The normalized spacial score (nSPS) is 24.9. The highest BCUT2D eigenvalue weighted by molar-refractivity contribution is 7.91. The zero-order valence-electron chi connectivity index (χ0n) is 11.2. The summed E-state index contributed by atoms with van der Waals surface area (Å²) in [7, 11) is -2.88. The third-order valence-electron chi connectivity index (χ3n) is 3.38. The van der Waals surface area contributed by atoms with Crippen LogP contribution in [-0.2, 0) is 14.6 Å². The second kappa shape index (κ2) is 7.92. The first-order valence-electron chi connectivity index (χ1n) is 6.65. The molecule has 2 atom stereocenters. The lowest BCUT2D eigenvalue weighted by Gasteiger charge is -2.28. The summed E-state index contributed by atoms with van der Waals surface area (Å²) in [6.45, 7) is 5.81. The minimum atomic E-state index is -2.88. The fourth-order valence-corrected chi connectivity index (χ4v) is 3.50. The molecule has 0 aromatic rings. The van der Waals surface area contributed by atoms with Crippen LogP contribution >= 0.6 is 0 Å². The fourth-order valence-electron chi connectivity index (χ4n) is 2.32. The molecule has 0 bridgehead atoms. The van der Waals surface area contributed by atoms with Crippen molar-refractivity contribution in [2.75, 3.05) is 26.0 Å². The van der Waals surface area contributed by atoms with Crippen LogP contribution in [0.5, 0.6) is 0 Å². The molecule has 0 aromatic heterocycles. The van der Waals surface area contributed by atoms with Gasteiger partial charge in [-0.05, 0) is 25.7 Å². The minimum absolute atomic E-state index is 0.162. The molecule has 0 amide bonds. The van der Waals surface area contributed by atoms with Crippen LogP contribution in [0, 0.1) is 0 Å². The third kappa shape index (κ3) is 5.98. The van der Waals surface area contributed by atoms with E-state index in [1.165, 1.54) is 6.26 Å². The summed E-state index contributed by atoms with van der Waals surface area (Å²) in [6, 6.07) is 0.321.